The second kappa shape index (κ2) is 9.35. The molecular formula is C16H20N4OS2. The number of rotatable bonds is 9. The van der Waals surface area contributed by atoms with Crippen LogP contribution >= 0.6 is 22.7 Å². The summed E-state index contributed by atoms with van der Waals surface area (Å²) < 4.78 is 0. The minimum absolute atomic E-state index is 0.0851. The van der Waals surface area contributed by atoms with E-state index in [1.165, 1.54) is 0 Å². The van der Waals surface area contributed by atoms with Gasteiger partial charge in [0.25, 0.3) is 0 Å². The van der Waals surface area contributed by atoms with Crippen molar-refractivity contribution in [2.24, 2.45) is 5.11 Å². The van der Waals surface area contributed by atoms with Crippen LogP contribution < -0.4 is 0 Å². The summed E-state index contributed by atoms with van der Waals surface area (Å²) in [5.74, 6) is -0.0851. The van der Waals surface area contributed by atoms with Crippen molar-refractivity contribution in [1.29, 1.82) is 0 Å². The summed E-state index contributed by atoms with van der Waals surface area (Å²) in [5.41, 5.74) is 8.77. The zero-order chi connectivity index (χ0) is 16.5. The van der Waals surface area contributed by atoms with Crippen LogP contribution in [0.25, 0.3) is 10.4 Å². The monoisotopic (exact) mass is 348 g/mol. The van der Waals surface area contributed by atoms with Gasteiger partial charge < -0.3 is 4.90 Å². The number of carbonyl (C=O) groups is 1. The molecule has 23 heavy (non-hydrogen) atoms. The molecule has 0 aromatic carbocycles. The van der Waals surface area contributed by atoms with Crippen LogP contribution in [-0.4, -0.2) is 16.8 Å². The van der Waals surface area contributed by atoms with Gasteiger partial charge in [-0.3, -0.25) is 4.79 Å². The predicted octanol–water partition coefficient (Wildman–Crippen LogP) is 5.21. The van der Waals surface area contributed by atoms with E-state index in [-0.39, 0.29) is 5.91 Å². The molecule has 0 aliphatic rings. The van der Waals surface area contributed by atoms with Crippen LogP contribution in [0.15, 0.2) is 40.1 Å². The highest BCUT2D eigenvalue weighted by Crippen LogP contribution is 2.20. The molecule has 2 rings (SSSR count). The largest absolute Gasteiger partial charge is 0.332 e. The highest BCUT2D eigenvalue weighted by Gasteiger charge is 2.24. The summed E-state index contributed by atoms with van der Waals surface area (Å²) in [5, 5.41) is 7.75. The van der Waals surface area contributed by atoms with Crippen molar-refractivity contribution in [2.45, 2.75) is 45.3 Å². The molecule has 0 aliphatic heterocycles. The smallest absolute Gasteiger partial charge is 0.232 e. The van der Waals surface area contributed by atoms with Crippen LogP contribution in [0.1, 0.15) is 35.9 Å². The van der Waals surface area contributed by atoms with Crippen molar-refractivity contribution in [3.63, 3.8) is 0 Å². The maximum absolute atomic E-state index is 12.9. The number of unbranched alkanes of at least 4 members (excludes halogenated alkanes) is 1. The lowest BCUT2D eigenvalue weighted by Crippen LogP contribution is -2.37. The van der Waals surface area contributed by atoms with Gasteiger partial charge in [0.2, 0.25) is 5.91 Å². The Labute approximate surface area is 144 Å². The Morgan fingerprint density at radius 2 is 1.87 bits per heavy atom. The first kappa shape index (κ1) is 17.5. The minimum atomic E-state index is -0.611. The standard InChI is InChI=1S/C16H20N4OS2/c1-2-3-8-15(18-19-17)16(21)20(11-13-6-4-9-22-13)12-14-7-5-10-23-14/h4-7,9-10,15H,2-3,8,11-12H2,1H3/t15-/m1/s1. The summed E-state index contributed by atoms with van der Waals surface area (Å²) in [6.45, 7) is 3.17. The van der Waals surface area contributed by atoms with E-state index in [1.807, 2.05) is 35.0 Å². The normalized spacial score (nSPS) is 11.7. The van der Waals surface area contributed by atoms with Crippen molar-refractivity contribution in [3.8, 4) is 0 Å². The van der Waals surface area contributed by atoms with Crippen molar-refractivity contribution in [3.05, 3.63) is 55.2 Å². The fraction of sp³-hybridized carbons (Fsp3) is 0.438. The molecule has 0 saturated heterocycles. The summed E-state index contributed by atoms with van der Waals surface area (Å²) in [4.78, 5) is 19.8. The average molecular weight is 348 g/mol. The van der Waals surface area contributed by atoms with E-state index < -0.39 is 6.04 Å². The molecule has 0 unspecified atom stereocenters. The maximum atomic E-state index is 12.9. The molecule has 2 aromatic heterocycles. The molecule has 1 amide bonds. The second-order valence-electron chi connectivity index (χ2n) is 5.22. The van der Waals surface area contributed by atoms with Crippen molar-refractivity contribution < 1.29 is 4.79 Å². The number of thiophene rings is 2. The average Bonchev–Trinajstić information content (AvgIpc) is 3.24. The lowest BCUT2D eigenvalue weighted by molar-refractivity contribution is -0.133. The van der Waals surface area contributed by atoms with E-state index in [4.69, 9.17) is 5.53 Å². The quantitative estimate of drug-likeness (QED) is 0.348. The van der Waals surface area contributed by atoms with E-state index in [1.54, 1.807) is 27.6 Å². The Balaban J connectivity index is 2.15. The van der Waals surface area contributed by atoms with E-state index in [2.05, 4.69) is 16.9 Å². The molecule has 7 heteroatoms. The Morgan fingerprint density at radius 1 is 1.26 bits per heavy atom. The molecule has 0 N–H and O–H groups in total. The Bertz CT molecular complexity index is 597. The van der Waals surface area contributed by atoms with Gasteiger partial charge in [-0.2, -0.15) is 0 Å². The fourth-order valence-corrected chi connectivity index (χ4v) is 3.73. The van der Waals surface area contributed by atoms with Crippen molar-refractivity contribution >= 4 is 28.6 Å². The van der Waals surface area contributed by atoms with Gasteiger partial charge in [0.15, 0.2) is 0 Å². The zero-order valence-corrected chi connectivity index (χ0v) is 14.7. The van der Waals surface area contributed by atoms with Crippen LogP contribution in [0.3, 0.4) is 0 Å². The van der Waals surface area contributed by atoms with E-state index in [0.717, 1.165) is 22.6 Å². The SMILES string of the molecule is CCCC[C@@H](N=[N+]=[N-])C(=O)N(Cc1cccs1)Cc1cccs1. The molecule has 0 bridgehead atoms. The molecule has 0 fully saturated rings. The van der Waals surface area contributed by atoms with E-state index in [0.29, 0.717) is 19.5 Å². The van der Waals surface area contributed by atoms with Gasteiger partial charge in [0.1, 0.15) is 6.04 Å². The molecule has 2 aromatic rings. The molecular weight excluding hydrogens is 328 g/mol. The Hall–Kier alpha value is -1.82. The number of nitrogens with zero attached hydrogens (tertiary/aromatic N) is 4. The van der Waals surface area contributed by atoms with Gasteiger partial charge in [-0.25, -0.2) is 0 Å². The number of hydrogen-bond donors (Lipinski definition) is 0. The minimum Gasteiger partial charge on any atom is -0.332 e. The lowest BCUT2D eigenvalue weighted by Gasteiger charge is -2.24. The van der Waals surface area contributed by atoms with E-state index >= 15 is 0 Å². The van der Waals surface area contributed by atoms with Gasteiger partial charge in [0.05, 0.1) is 13.1 Å². The highest BCUT2D eigenvalue weighted by atomic mass is 32.1. The first-order valence-corrected chi connectivity index (χ1v) is 9.38. The molecule has 5 nitrogen and oxygen atoms in total. The van der Waals surface area contributed by atoms with Crippen LogP contribution in [-0.2, 0) is 17.9 Å². The first-order valence-electron chi connectivity index (χ1n) is 7.62. The topological polar surface area (TPSA) is 69.1 Å². The molecule has 0 saturated carbocycles. The Kier molecular flexibility index (Phi) is 7.13. The van der Waals surface area contributed by atoms with Crippen LogP contribution in [0.5, 0.6) is 0 Å². The lowest BCUT2D eigenvalue weighted by atomic mass is 10.1. The number of hydrogen-bond acceptors (Lipinski definition) is 4. The molecule has 0 spiro atoms. The van der Waals surface area contributed by atoms with Gasteiger partial charge in [-0.05, 0) is 34.8 Å². The Morgan fingerprint density at radius 3 is 2.30 bits per heavy atom. The van der Waals surface area contributed by atoms with Gasteiger partial charge >= 0.3 is 0 Å². The van der Waals surface area contributed by atoms with Gasteiger partial charge in [-0.1, -0.05) is 37.0 Å². The molecule has 2 heterocycles. The van der Waals surface area contributed by atoms with Crippen molar-refractivity contribution in [2.75, 3.05) is 0 Å². The summed E-state index contributed by atoms with van der Waals surface area (Å²) in [6, 6.07) is 7.40. The zero-order valence-electron chi connectivity index (χ0n) is 13.1. The first-order chi connectivity index (χ1) is 11.2. The summed E-state index contributed by atoms with van der Waals surface area (Å²) >= 11 is 3.26. The summed E-state index contributed by atoms with van der Waals surface area (Å²) in [7, 11) is 0. The molecule has 122 valence electrons. The number of azide groups is 1. The van der Waals surface area contributed by atoms with Crippen molar-refractivity contribution in [1.82, 2.24) is 4.90 Å². The molecule has 1 atom stereocenters. The van der Waals surface area contributed by atoms with Crippen LogP contribution in [0.2, 0.25) is 0 Å². The second-order valence-corrected chi connectivity index (χ2v) is 7.28. The van der Waals surface area contributed by atoms with Gasteiger partial charge in [0, 0.05) is 14.7 Å². The third kappa shape index (κ3) is 5.39. The fourth-order valence-electron chi connectivity index (χ4n) is 2.29. The highest BCUT2D eigenvalue weighted by molar-refractivity contribution is 7.10. The van der Waals surface area contributed by atoms with Crippen LogP contribution in [0.4, 0.5) is 0 Å². The molecule has 0 radical (unpaired) electrons. The molecule has 0 aliphatic carbocycles. The summed E-state index contributed by atoms with van der Waals surface area (Å²) in [6.07, 6.45) is 2.45. The van der Waals surface area contributed by atoms with E-state index in [9.17, 15) is 4.79 Å². The third-order valence-electron chi connectivity index (χ3n) is 3.47. The number of carbonyl (C=O) groups excluding carboxylic acids is 1. The van der Waals surface area contributed by atoms with Gasteiger partial charge in [-0.15, -0.1) is 22.7 Å². The number of amides is 1. The van der Waals surface area contributed by atoms with Crippen LogP contribution in [0, 0.1) is 0 Å². The third-order valence-corrected chi connectivity index (χ3v) is 5.19. The maximum Gasteiger partial charge on any atom is 0.232 e. The predicted molar refractivity (Wildman–Crippen MR) is 95.4 cm³/mol.